The largest absolute Gasteiger partial charge is 0.466 e. The summed E-state index contributed by atoms with van der Waals surface area (Å²) in [5.41, 5.74) is 2.65. The third kappa shape index (κ3) is 2.88. The van der Waals surface area contributed by atoms with Gasteiger partial charge in [0.05, 0.1) is 42.9 Å². The molecule has 0 saturated carbocycles. The molecule has 0 spiro atoms. The van der Waals surface area contributed by atoms with Crippen molar-refractivity contribution in [2.45, 2.75) is 19.8 Å². The maximum Gasteiger partial charge on any atom is 0.336 e. The van der Waals surface area contributed by atoms with Crippen LogP contribution in [0.1, 0.15) is 30.9 Å². The summed E-state index contributed by atoms with van der Waals surface area (Å²) in [6, 6.07) is 8.96. The van der Waals surface area contributed by atoms with Gasteiger partial charge in [0, 0.05) is 11.4 Å². The Kier molecular flexibility index (Phi) is 5.05. The molecular formula is C18H18N2O4. The second-order valence-corrected chi connectivity index (χ2v) is 5.32. The van der Waals surface area contributed by atoms with E-state index >= 15 is 0 Å². The number of hydrogen-bond donors (Lipinski definition) is 1. The van der Waals surface area contributed by atoms with E-state index in [0.29, 0.717) is 22.5 Å². The Bertz CT molecular complexity index is 761. The zero-order valence-corrected chi connectivity index (χ0v) is 14.0. The van der Waals surface area contributed by atoms with E-state index in [-0.39, 0.29) is 11.1 Å². The van der Waals surface area contributed by atoms with Crippen LogP contribution in [0.2, 0.25) is 0 Å². The molecule has 0 aliphatic carbocycles. The monoisotopic (exact) mass is 326 g/mol. The molecule has 0 aromatic heterocycles. The molecule has 24 heavy (non-hydrogen) atoms. The normalized spacial score (nSPS) is 14.8. The van der Waals surface area contributed by atoms with Crippen molar-refractivity contribution in [3.63, 3.8) is 0 Å². The van der Waals surface area contributed by atoms with Crippen LogP contribution in [0.5, 0.6) is 0 Å². The molecule has 1 aromatic carbocycles. The van der Waals surface area contributed by atoms with Gasteiger partial charge in [-0.2, -0.15) is 5.26 Å². The first-order valence-corrected chi connectivity index (χ1v) is 7.30. The fraction of sp³-hybridized carbons (Fsp3) is 0.278. The zero-order valence-electron chi connectivity index (χ0n) is 14.0. The molecule has 0 unspecified atom stereocenters. The Hall–Kier alpha value is -3.07. The van der Waals surface area contributed by atoms with E-state index in [4.69, 9.17) is 9.47 Å². The van der Waals surface area contributed by atoms with Gasteiger partial charge >= 0.3 is 11.9 Å². The third-order valence-corrected chi connectivity index (χ3v) is 3.96. The minimum atomic E-state index is -0.734. The number of carbonyl (C=O) groups excluding carboxylic acids is 2. The number of dihydropyridines is 1. The van der Waals surface area contributed by atoms with Gasteiger partial charge in [-0.1, -0.05) is 18.2 Å². The Morgan fingerprint density at radius 2 is 1.54 bits per heavy atom. The summed E-state index contributed by atoms with van der Waals surface area (Å²) in [7, 11) is 2.55. The van der Waals surface area contributed by atoms with Gasteiger partial charge in [-0.05, 0) is 25.5 Å². The number of allylic oxidation sites excluding steroid dienone is 2. The van der Waals surface area contributed by atoms with Gasteiger partial charge in [-0.15, -0.1) is 0 Å². The molecule has 0 saturated heterocycles. The molecule has 1 aliphatic rings. The van der Waals surface area contributed by atoms with Crippen molar-refractivity contribution in [1.29, 1.82) is 5.26 Å². The highest BCUT2D eigenvalue weighted by Crippen LogP contribution is 2.40. The fourth-order valence-corrected chi connectivity index (χ4v) is 2.92. The quantitative estimate of drug-likeness (QED) is 0.856. The molecule has 6 heteroatoms. The highest BCUT2D eigenvalue weighted by atomic mass is 16.5. The van der Waals surface area contributed by atoms with Crippen LogP contribution >= 0.6 is 0 Å². The average Bonchev–Trinajstić information content (AvgIpc) is 2.59. The Morgan fingerprint density at radius 1 is 1.04 bits per heavy atom. The van der Waals surface area contributed by atoms with Gasteiger partial charge in [0.25, 0.3) is 0 Å². The number of rotatable bonds is 3. The molecule has 0 bridgehead atoms. The van der Waals surface area contributed by atoms with Crippen molar-refractivity contribution in [1.82, 2.24) is 5.32 Å². The molecule has 0 amide bonds. The van der Waals surface area contributed by atoms with Crippen molar-refractivity contribution in [2.24, 2.45) is 0 Å². The van der Waals surface area contributed by atoms with Gasteiger partial charge < -0.3 is 14.8 Å². The van der Waals surface area contributed by atoms with Gasteiger partial charge in [0.15, 0.2) is 0 Å². The summed E-state index contributed by atoms with van der Waals surface area (Å²) in [6.45, 7) is 3.46. The fourth-order valence-electron chi connectivity index (χ4n) is 2.92. The molecule has 1 aliphatic heterocycles. The lowest BCUT2D eigenvalue weighted by atomic mass is 9.79. The number of carbonyl (C=O) groups is 2. The summed E-state index contributed by atoms with van der Waals surface area (Å²) >= 11 is 0. The Balaban J connectivity index is 2.78. The smallest absolute Gasteiger partial charge is 0.336 e. The van der Waals surface area contributed by atoms with Gasteiger partial charge in [-0.25, -0.2) is 9.59 Å². The number of benzene rings is 1. The number of nitrogens with zero attached hydrogens (tertiary/aromatic N) is 1. The van der Waals surface area contributed by atoms with E-state index in [0.717, 1.165) is 0 Å². The number of ether oxygens (including phenoxy) is 2. The Labute approximate surface area is 140 Å². The van der Waals surface area contributed by atoms with Crippen LogP contribution in [0.4, 0.5) is 0 Å². The van der Waals surface area contributed by atoms with Gasteiger partial charge in [0.2, 0.25) is 0 Å². The van der Waals surface area contributed by atoms with Crippen molar-refractivity contribution in [3.05, 3.63) is 57.9 Å². The van der Waals surface area contributed by atoms with Gasteiger partial charge in [-0.3, -0.25) is 0 Å². The van der Waals surface area contributed by atoms with E-state index in [1.54, 1.807) is 38.1 Å². The summed E-state index contributed by atoms with van der Waals surface area (Å²) in [5, 5.41) is 12.4. The number of methoxy groups -OCH3 is 2. The minimum absolute atomic E-state index is 0.284. The average molecular weight is 326 g/mol. The van der Waals surface area contributed by atoms with Gasteiger partial charge in [0.1, 0.15) is 0 Å². The molecule has 1 heterocycles. The SMILES string of the molecule is COC(=O)C1=C(C)NC(C)=C(C(=O)OC)C1c1ccccc1C#N. The molecule has 0 fully saturated rings. The van der Waals surface area contributed by atoms with Crippen LogP contribution in [0, 0.1) is 11.3 Å². The van der Waals surface area contributed by atoms with E-state index in [2.05, 4.69) is 11.4 Å². The molecular weight excluding hydrogens is 308 g/mol. The molecule has 1 aromatic rings. The van der Waals surface area contributed by atoms with Crippen LogP contribution in [0.3, 0.4) is 0 Å². The first-order chi connectivity index (χ1) is 11.5. The Morgan fingerprint density at radius 3 is 2.00 bits per heavy atom. The standard InChI is InChI=1S/C18H18N2O4/c1-10-14(17(21)23-3)16(13-8-6-5-7-12(13)9-19)15(11(2)20-10)18(22)24-4/h5-8,16,20H,1-4H3. The van der Waals surface area contributed by atoms with Crippen LogP contribution in [0.15, 0.2) is 46.8 Å². The maximum atomic E-state index is 12.3. The van der Waals surface area contributed by atoms with Crippen molar-refractivity contribution in [2.75, 3.05) is 14.2 Å². The lowest BCUT2D eigenvalue weighted by Gasteiger charge is -2.30. The first-order valence-electron chi connectivity index (χ1n) is 7.30. The van der Waals surface area contributed by atoms with E-state index in [1.165, 1.54) is 14.2 Å². The highest BCUT2D eigenvalue weighted by Gasteiger charge is 2.38. The lowest BCUT2D eigenvalue weighted by Crippen LogP contribution is -2.32. The predicted octanol–water partition coefficient (Wildman–Crippen LogP) is 2.14. The summed E-state index contributed by atoms with van der Waals surface area (Å²) in [6.07, 6.45) is 0. The van der Waals surface area contributed by atoms with E-state index in [1.807, 2.05) is 0 Å². The van der Waals surface area contributed by atoms with E-state index in [9.17, 15) is 14.9 Å². The second-order valence-electron chi connectivity index (χ2n) is 5.32. The highest BCUT2D eigenvalue weighted by molar-refractivity contribution is 6.00. The van der Waals surface area contributed by atoms with Crippen molar-refractivity contribution < 1.29 is 19.1 Å². The lowest BCUT2D eigenvalue weighted by molar-refractivity contribution is -0.137. The van der Waals surface area contributed by atoms with Crippen LogP contribution in [-0.4, -0.2) is 26.2 Å². The maximum absolute atomic E-state index is 12.3. The molecule has 6 nitrogen and oxygen atoms in total. The number of nitrogens with one attached hydrogen (secondary N) is 1. The van der Waals surface area contributed by atoms with E-state index < -0.39 is 17.9 Å². The third-order valence-electron chi connectivity index (χ3n) is 3.96. The number of nitriles is 1. The molecule has 1 N–H and O–H groups in total. The zero-order chi connectivity index (χ0) is 17.9. The number of hydrogen-bond acceptors (Lipinski definition) is 6. The van der Waals surface area contributed by atoms with Crippen molar-refractivity contribution >= 4 is 11.9 Å². The number of esters is 2. The van der Waals surface area contributed by atoms with Crippen LogP contribution in [-0.2, 0) is 19.1 Å². The second kappa shape index (κ2) is 7.01. The summed E-state index contributed by atoms with van der Waals surface area (Å²) < 4.78 is 9.78. The molecule has 0 radical (unpaired) electrons. The van der Waals surface area contributed by atoms with Crippen LogP contribution < -0.4 is 5.32 Å². The molecule has 0 atom stereocenters. The first kappa shape index (κ1) is 17.3. The summed E-state index contributed by atoms with van der Waals surface area (Å²) in [5.74, 6) is -1.86. The molecule has 124 valence electrons. The minimum Gasteiger partial charge on any atom is -0.466 e. The summed E-state index contributed by atoms with van der Waals surface area (Å²) in [4.78, 5) is 24.7. The van der Waals surface area contributed by atoms with Crippen molar-refractivity contribution in [3.8, 4) is 6.07 Å². The molecule has 2 rings (SSSR count). The predicted molar refractivity (Wildman–Crippen MR) is 86.5 cm³/mol. The van der Waals surface area contributed by atoms with Crippen LogP contribution in [0.25, 0.3) is 0 Å². The topological polar surface area (TPSA) is 88.4 Å².